The van der Waals surface area contributed by atoms with Crippen LogP contribution in [0.2, 0.25) is 5.02 Å². The Kier molecular flexibility index (Phi) is 9.99. The third-order valence-electron chi connectivity index (χ3n) is 6.24. The number of sulfonamides is 1. The number of alkyl halides is 3. The first-order valence-electron chi connectivity index (χ1n) is 12.8. The van der Waals surface area contributed by atoms with Crippen molar-refractivity contribution in [1.82, 2.24) is 10.2 Å². The number of halogens is 4. The number of alkyl carbamates (subject to hydrolysis) is 1. The van der Waals surface area contributed by atoms with E-state index in [0.717, 1.165) is 18.6 Å². The minimum Gasteiger partial charge on any atom is -0.444 e. The smallest absolute Gasteiger partial charge is 0.416 e. The fourth-order valence-corrected chi connectivity index (χ4v) is 6.06. The van der Waals surface area contributed by atoms with Gasteiger partial charge >= 0.3 is 12.3 Å². The van der Waals surface area contributed by atoms with E-state index in [4.69, 9.17) is 16.3 Å². The van der Waals surface area contributed by atoms with E-state index in [1.807, 2.05) is 0 Å². The summed E-state index contributed by atoms with van der Waals surface area (Å²) < 4.78 is 73.5. The zero-order valence-electron chi connectivity index (χ0n) is 22.5. The normalized spacial score (nSPS) is 16.4. The Hall–Kier alpha value is -2.99. The van der Waals surface area contributed by atoms with Gasteiger partial charge in [0.05, 0.1) is 21.2 Å². The highest BCUT2D eigenvalue weighted by atomic mass is 35.5. The number of likely N-dealkylation sites (tertiary alicyclic amines) is 1. The van der Waals surface area contributed by atoms with Crippen molar-refractivity contribution in [3.8, 4) is 0 Å². The average Bonchev–Trinajstić information content (AvgIpc) is 2.86. The molecule has 0 bridgehead atoms. The van der Waals surface area contributed by atoms with Crippen LogP contribution in [0.25, 0.3) is 0 Å². The number of anilines is 1. The van der Waals surface area contributed by atoms with Crippen LogP contribution in [0.4, 0.5) is 23.7 Å². The van der Waals surface area contributed by atoms with Gasteiger partial charge in [0.1, 0.15) is 12.1 Å². The van der Waals surface area contributed by atoms with Crippen molar-refractivity contribution in [2.45, 2.75) is 56.7 Å². The molecule has 0 aliphatic carbocycles. The quantitative estimate of drug-likeness (QED) is 0.417. The molecule has 0 saturated carbocycles. The second-order valence-electron chi connectivity index (χ2n) is 10.6. The Morgan fingerprint density at radius 1 is 1.12 bits per heavy atom. The first-order valence-corrected chi connectivity index (χ1v) is 14.6. The van der Waals surface area contributed by atoms with Gasteiger partial charge in [-0.15, -0.1) is 0 Å². The number of hydrogen-bond acceptors (Lipinski definition) is 5. The van der Waals surface area contributed by atoms with E-state index in [1.165, 1.54) is 29.2 Å². The van der Waals surface area contributed by atoms with E-state index in [0.29, 0.717) is 42.8 Å². The first kappa shape index (κ1) is 31.5. The van der Waals surface area contributed by atoms with Gasteiger partial charge in [0.25, 0.3) is 10.0 Å². The van der Waals surface area contributed by atoms with Gasteiger partial charge in [-0.2, -0.15) is 13.2 Å². The molecule has 1 unspecified atom stereocenters. The number of amides is 2. The standard InChI is InChI=1S/C27H33ClF3N3O5S/c1-26(2,3)39-25(36)32-14-13-19-8-7-15-33(17-19)24(35)18-34(40(37,38)21-9-5-4-6-10-21)23-16-20(27(29,30)31)11-12-22(23)28/h4-6,9-12,16,19H,7-8,13-15,17-18H2,1-3H3,(H,32,36). The minimum absolute atomic E-state index is 0.0314. The van der Waals surface area contributed by atoms with Crippen LogP contribution >= 0.6 is 11.6 Å². The van der Waals surface area contributed by atoms with E-state index >= 15 is 0 Å². The SMILES string of the molecule is CC(C)(C)OC(=O)NCCC1CCCN(C(=O)CN(c2cc(C(F)(F)F)ccc2Cl)S(=O)(=O)c2ccccc2)C1. The maximum absolute atomic E-state index is 13.6. The zero-order chi connectivity index (χ0) is 29.7. The minimum atomic E-state index is -4.75. The first-order chi connectivity index (χ1) is 18.6. The van der Waals surface area contributed by atoms with Crippen molar-refractivity contribution < 1.29 is 35.9 Å². The number of hydrogen-bond donors (Lipinski definition) is 1. The fourth-order valence-electron chi connectivity index (χ4n) is 4.34. The van der Waals surface area contributed by atoms with Crippen LogP contribution in [0, 0.1) is 5.92 Å². The molecule has 2 aromatic carbocycles. The third-order valence-corrected chi connectivity index (χ3v) is 8.34. The van der Waals surface area contributed by atoms with Gasteiger partial charge < -0.3 is 15.0 Å². The van der Waals surface area contributed by atoms with E-state index in [1.54, 1.807) is 26.8 Å². The largest absolute Gasteiger partial charge is 0.444 e. The maximum Gasteiger partial charge on any atom is 0.416 e. The summed E-state index contributed by atoms with van der Waals surface area (Å²) in [6.07, 6.45) is -3.28. The molecule has 1 aliphatic rings. The van der Waals surface area contributed by atoms with Crippen molar-refractivity contribution in [3.05, 3.63) is 59.1 Å². The molecule has 40 heavy (non-hydrogen) atoms. The molecule has 0 radical (unpaired) electrons. The summed E-state index contributed by atoms with van der Waals surface area (Å²) in [5.74, 6) is -0.540. The Bertz CT molecular complexity index is 1300. The number of nitrogens with zero attached hydrogens (tertiary/aromatic N) is 2. The van der Waals surface area contributed by atoms with Crippen LogP contribution in [0.15, 0.2) is 53.4 Å². The van der Waals surface area contributed by atoms with E-state index in [2.05, 4.69) is 5.32 Å². The van der Waals surface area contributed by atoms with Crippen molar-refractivity contribution >= 4 is 39.3 Å². The molecule has 3 rings (SSSR count). The molecule has 1 atom stereocenters. The lowest BCUT2D eigenvalue weighted by molar-refractivity contribution is -0.137. The highest BCUT2D eigenvalue weighted by molar-refractivity contribution is 7.92. The summed E-state index contributed by atoms with van der Waals surface area (Å²) >= 11 is 6.21. The molecule has 1 saturated heterocycles. The number of rotatable bonds is 8. The zero-order valence-corrected chi connectivity index (χ0v) is 24.1. The predicted molar refractivity (Wildman–Crippen MR) is 146 cm³/mol. The number of carbonyl (C=O) groups is 2. The van der Waals surface area contributed by atoms with Gasteiger partial charge in [-0.05, 0) is 76.3 Å². The third kappa shape index (κ3) is 8.50. The van der Waals surface area contributed by atoms with Gasteiger partial charge in [0.2, 0.25) is 5.91 Å². The van der Waals surface area contributed by atoms with Crippen molar-refractivity contribution in [1.29, 1.82) is 0 Å². The van der Waals surface area contributed by atoms with Crippen LogP contribution < -0.4 is 9.62 Å². The summed E-state index contributed by atoms with van der Waals surface area (Å²) in [4.78, 5) is 26.6. The molecule has 220 valence electrons. The van der Waals surface area contributed by atoms with E-state index < -0.39 is 51.6 Å². The van der Waals surface area contributed by atoms with Gasteiger partial charge in [-0.25, -0.2) is 13.2 Å². The average molecular weight is 604 g/mol. The number of carbonyl (C=O) groups excluding carboxylic acids is 2. The molecule has 0 spiro atoms. The van der Waals surface area contributed by atoms with Crippen LogP contribution in [-0.4, -0.2) is 57.1 Å². The lowest BCUT2D eigenvalue weighted by Crippen LogP contribution is -2.47. The lowest BCUT2D eigenvalue weighted by atomic mass is 9.94. The topological polar surface area (TPSA) is 96.0 Å². The number of ether oxygens (including phenoxy) is 1. The van der Waals surface area contributed by atoms with Crippen molar-refractivity contribution in [2.24, 2.45) is 5.92 Å². The molecule has 1 heterocycles. The predicted octanol–water partition coefficient (Wildman–Crippen LogP) is 5.71. The van der Waals surface area contributed by atoms with Gasteiger partial charge in [-0.1, -0.05) is 29.8 Å². The van der Waals surface area contributed by atoms with Gasteiger partial charge in [-0.3, -0.25) is 9.10 Å². The van der Waals surface area contributed by atoms with Crippen LogP contribution in [0.3, 0.4) is 0 Å². The van der Waals surface area contributed by atoms with Crippen molar-refractivity contribution in [2.75, 3.05) is 30.5 Å². The monoisotopic (exact) mass is 603 g/mol. The molecule has 13 heteroatoms. The molecule has 1 fully saturated rings. The molecule has 8 nitrogen and oxygen atoms in total. The molecule has 2 aromatic rings. The number of nitrogens with one attached hydrogen (secondary N) is 1. The molecule has 1 N–H and O–H groups in total. The van der Waals surface area contributed by atoms with E-state index in [-0.39, 0.29) is 15.8 Å². The Labute approximate surface area is 237 Å². The van der Waals surface area contributed by atoms with Gasteiger partial charge in [0, 0.05) is 19.6 Å². The molecular formula is C27H33ClF3N3O5S. The van der Waals surface area contributed by atoms with Crippen LogP contribution in [0.5, 0.6) is 0 Å². The Morgan fingerprint density at radius 3 is 2.42 bits per heavy atom. The molecule has 2 amide bonds. The number of piperidine rings is 1. The highest BCUT2D eigenvalue weighted by Gasteiger charge is 2.35. The summed E-state index contributed by atoms with van der Waals surface area (Å²) in [6, 6.07) is 9.48. The number of benzene rings is 2. The summed E-state index contributed by atoms with van der Waals surface area (Å²) in [5.41, 5.74) is -2.17. The summed E-state index contributed by atoms with van der Waals surface area (Å²) in [6.45, 7) is 5.53. The molecular weight excluding hydrogens is 571 g/mol. The van der Waals surface area contributed by atoms with Gasteiger partial charge in [0.15, 0.2) is 0 Å². The lowest BCUT2D eigenvalue weighted by Gasteiger charge is -2.35. The Balaban J connectivity index is 1.80. The summed E-state index contributed by atoms with van der Waals surface area (Å²) in [5, 5.41) is 2.44. The maximum atomic E-state index is 13.6. The molecule has 0 aromatic heterocycles. The highest BCUT2D eigenvalue weighted by Crippen LogP contribution is 2.37. The fraction of sp³-hybridized carbons (Fsp3) is 0.481. The van der Waals surface area contributed by atoms with Crippen LogP contribution in [0.1, 0.15) is 45.6 Å². The second-order valence-corrected chi connectivity index (χ2v) is 12.8. The van der Waals surface area contributed by atoms with E-state index in [9.17, 15) is 31.2 Å². The summed E-state index contributed by atoms with van der Waals surface area (Å²) in [7, 11) is -4.45. The molecule has 1 aliphatic heterocycles. The Morgan fingerprint density at radius 2 is 1.80 bits per heavy atom. The van der Waals surface area contributed by atoms with Crippen LogP contribution in [-0.2, 0) is 25.7 Å². The van der Waals surface area contributed by atoms with Crippen molar-refractivity contribution in [3.63, 3.8) is 0 Å². The second kappa shape index (κ2) is 12.7.